The molecule has 0 fully saturated rings. The van der Waals surface area contributed by atoms with Gasteiger partial charge in [-0.25, -0.2) is 0 Å². The first-order chi connectivity index (χ1) is 7.95. The molecule has 0 aliphatic carbocycles. The Balaban J connectivity index is 2.64. The molecule has 1 rings (SSSR count). The molecule has 0 radical (unpaired) electrons. The van der Waals surface area contributed by atoms with Gasteiger partial charge < -0.3 is 5.32 Å². The first-order valence-corrected chi connectivity index (χ1v) is 6.35. The highest BCUT2D eigenvalue weighted by Gasteiger charge is 2.30. The van der Waals surface area contributed by atoms with E-state index in [1.54, 1.807) is 0 Å². The van der Waals surface area contributed by atoms with Crippen molar-refractivity contribution in [2.24, 2.45) is 0 Å². The lowest BCUT2D eigenvalue weighted by molar-refractivity contribution is -0.137. The molecule has 0 heterocycles. The maximum atomic E-state index is 12.4. The Morgan fingerprint density at radius 2 is 1.94 bits per heavy atom. The summed E-state index contributed by atoms with van der Waals surface area (Å²) in [6.45, 7) is 2.88. The van der Waals surface area contributed by atoms with Crippen molar-refractivity contribution >= 4 is 21.6 Å². The summed E-state index contributed by atoms with van der Waals surface area (Å²) in [5.41, 5.74) is 0.0672. The zero-order valence-electron chi connectivity index (χ0n) is 9.57. The van der Waals surface area contributed by atoms with Gasteiger partial charge >= 0.3 is 6.18 Å². The van der Waals surface area contributed by atoms with E-state index in [2.05, 4.69) is 28.2 Å². The van der Waals surface area contributed by atoms with Gasteiger partial charge in [-0.05, 0) is 40.5 Å². The number of halogens is 4. The molecule has 0 atom stereocenters. The normalized spacial score (nSPS) is 11.6. The fourth-order valence-electron chi connectivity index (χ4n) is 1.43. The van der Waals surface area contributed by atoms with Gasteiger partial charge in [-0.3, -0.25) is 0 Å². The number of hydrogen-bond donors (Lipinski definition) is 1. The topological polar surface area (TPSA) is 12.0 Å². The molecule has 0 bridgehead atoms. The van der Waals surface area contributed by atoms with Crippen LogP contribution < -0.4 is 5.32 Å². The van der Waals surface area contributed by atoms with Gasteiger partial charge in [-0.1, -0.05) is 19.8 Å². The minimum Gasteiger partial charge on any atom is -0.384 e. The van der Waals surface area contributed by atoms with Crippen LogP contribution in [0, 0.1) is 0 Å². The Morgan fingerprint density at radius 3 is 2.47 bits per heavy atom. The predicted molar refractivity (Wildman–Crippen MR) is 67.2 cm³/mol. The molecule has 0 aliphatic heterocycles. The third-order valence-corrected chi connectivity index (χ3v) is 3.05. The van der Waals surface area contributed by atoms with Crippen molar-refractivity contribution in [3.05, 3.63) is 28.2 Å². The molecule has 5 heteroatoms. The van der Waals surface area contributed by atoms with Crippen LogP contribution >= 0.6 is 15.9 Å². The number of unbranched alkanes of at least 4 members (excludes halogenated alkanes) is 2. The molecule has 0 saturated heterocycles. The maximum Gasteiger partial charge on any atom is 0.416 e. The molecule has 96 valence electrons. The molecular weight excluding hydrogens is 295 g/mol. The second-order valence-corrected chi connectivity index (χ2v) is 4.68. The van der Waals surface area contributed by atoms with Crippen molar-refractivity contribution in [1.29, 1.82) is 0 Å². The van der Waals surface area contributed by atoms with Crippen molar-refractivity contribution in [3.63, 3.8) is 0 Å². The highest BCUT2D eigenvalue weighted by atomic mass is 79.9. The highest BCUT2D eigenvalue weighted by molar-refractivity contribution is 9.10. The van der Waals surface area contributed by atoms with Gasteiger partial charge in [0.1, 0.15) is 0 Å². The van der Waals surface area contributed by atoms with E-state index in [1.165, 1.54) is 6.07 Å². The minimum absolute atomic E-state index is 0.448. The fraction of sp³-hybridized carbons (Fsp3) is 0.500. The lowest BCUT2D eigenvalue weighted by atomic mass is 10.2. The van der Waals surface area contributed by atoms with E-state index >= 15 is 0 Å². The van der Waals surface area contributed by atoms with Crippen molar-refractivity contribution in [2.75, 3.05) is 11.9 Å². The van der Waals surface area contributed by atoms with Gasteiger partial charge in [0.2, 0.25) is 0 Å². The Hall–Kier alpha value is -0.710. The summed E-state index contributed by atoms with van der Waals surface area (Å²) < 4.78 is 37.7. The van der Waals surface area contributed by atoms with Crippen LogP contribution in [0.3, 0.4) is 0 Å². The van der Waals surface area contributed by atoms with Gasteiger partial charge in [0.25, 0.3) is 0 Å². The lowest BCUT2D eigenvalue weighted by Gasteiger charge is -2.11. The van der Waals surface area contributed by atoms with Crippen LogP contribution in [0.2, 0.25) is 0 Å². The Bertz CT molecular complexity index is 363. The SMILES string of the molecule is CCCCCNc1ccc(C(F)(F)F)cc1Br. The Kier molecular flexibility index (Phi) is 5.31. The van der Waals surface area contributed by atoms with Crippen molar-refractivity contribution in [3.8, 4) is 0 Å². The fourth-order valence-corrected chi connectivity index (χ4v) is 1.95. The second kappa shape index (κ2) is 6.28. The number of hydrogen-bond acceptors (Lipinski definition) is 1. The molecular formula is C12H15BrF3N. The molecule has 1 aromatic rings. The van der Waals surface area contributed by atoms with E-state index < -0.39 is 11.7 Å². The number of alkyl halides is 3. The van der Waals surface area contributed by atoms with Gasteiger partial charge in [-0.15, -0.1) is 0 Å². The van der Waals surface area contributed by atoms with E-state index in [4.69, 9.17) is 0 Å². The van der Waals surface area contributed by atoms with Crippen LogP contribution in [0.5, 0.6) is 0 Å². The second-order valence-electron chi connectivity index (χ2n) is 3.83. The molecule has 0 unspecified atom stereocenters. The number of anilines is 1. The summed E-state index contributed by atoms with van der Waals surface area (Å²) in [7, 11) is 0. The van der Waals surface area contributed by atoms with E-state index in [0.717, 1.165) is 37.9 Å². The average Bonchev–Trinajstić information content (AvgIpc) is 2.24. The number of benzene rings is 1. The van der Waals surface area contributed by atoms with Crippen molar-refractivity contribution < 1.29 is 13.2 Å². The molecule has 0 aliphatic rings. The van der Waals surface area contributed by atoms with E-state index in [1.807, 2.05) is 0 Å². The van der Waals surface area contributed by atoms with Crippen LogP contribution in [0.1, 0.15) is 31.7 Å². The first-order valence-electron chi connectivity index (χ1n) is 5.55. The van der Waals surface area contributed by atoms with E-state index in [9.17, 15) is 13.2 Å². The molecule has 0 spiro atoms. The third kappa shape index (κ3) is 4.58. The number of nitrogens with one attached hydrogen (secondary N) is 1. The van der Waals surface area contributed by atoms with Gasteiger partial charge in [0.05, 0.1) is 5.56 Å². The Morgan fingerprint density at radius 1 is 1.24 bits per heavy atom. The molecule has 0 aromatic heterocycles. The average molecular weight is 310 g/mol. The summed E-state index contributed by atoms with van der Waals surface area (Å²) in [4.78, 5) is 0. The predicted octanol–water partition coefficient (Wildman–Crippen LogP) is 5.07. The monoisotopic (exact) mass is 309 g/mol. The van der Waals surface area contributed by atoms with Crippen LogP contribution in [-0.4, -0.2) is 6.54 Å². The lowest BCUT2D eigenvalue weighted by Crippen LogP contribution is -2.06. The Labute approximate surface area is 108 Å². The van der Waals surface area contributed by atoms with Gasteiger partial charge in [0.15, 0.2) is 0 Å². The summed E-state index contributed by atoms with van der Waals surface area (Å²) in [5.74, 6) is 0. The minimum atomic E-state index is -4.29. The van der Waals surface area contributed by atoms with E-state index in [0.29, 0.717) is 10.2 Å². The molecule has 1 nitrogen and oxygen atoms in total. The van der Waals surface area contributed by atoms with Crippen LogP contribution in [0.15, 0.2) is 22.7 Å². The first kappa shape index (κ1) is 14.4. The van der Waals surface area contributed by atoms with Crippen molar-refractivity contribution in [2.45, 2.75) is 32.4 Å². The summed E-state index contributed by atoms with van der Waals surface area (Å²) in [5, 5.41) is 3.11. The number of rotatable bonds is 5. The van der Waals surface area contributed by atoms with Crippen LogP contribution in [0.25, 0.3) is 0 Å². The quantitative estimate of drug-likeness (QED) is 0.749. The summed E-state index contributed by atoms with van der Waals surface area (Å²) in [6, 6.07) is 3.65. The highest BCUT2D eigenvalue weighted by Crippen LogP contribution is 2.33. The van der Waals surface area contributed by atoms with Gasteiger partial charge in [-0.2, -0.15) is 13.2 Å². The third-order valence-electron chi connectivity index (χ3n) is 2.39. The summed E-state index contributed by atoms with van der Waals surface area (Å²) in [6.07, 6.45) is -1.03. The molecule has 17 heavy (non-hydrogen) atoms. The zero-order chi connectivity index (χ0) is 12.9. The van der Waals surface area contributed by atoms with Crippen molar-refractivity contribution in [1.82, 2.24) is 0 Å². The summed E-state index contributed by atoms with van der Waals surface area (Å²) >= 11 is 3.15. The van der Waals surface area contributed by atoms with Crippen LogP contribution in [0.4, 0.5) is 18.9 Å². The molecule has 0 saturated carbocycles. The van der Waals surface area contributed by atoms with Crippen LogP contribution in [-0.2, 0) is 6.18 Å². The smallest absolute Gasteiger partial charge is 0.384 e. The van der Waals surface area contributed by atoms with Gasteiger partial charge in [0, 0.05) is 16.7 Å². The maximum absolute atomic E-state index is 12.4. The largest absolute Gasteiger partial charge is 0.416 e. The molecule has 0 amide bonds. The van der Waals surface area contributed by atoms with E-state index in [-0.39, 0.29) is 0 Å². The molecule has 1 aromatic carbocycles. The standard InChI is InChI=1S/C12H15BrF3N/c1-2-3-4-7-17-11-6-5-9(8-10(11)13)12(14,15)16/h5-6,8,17H,2-4,7H2,1H3. The zero-order valence-corrected chi connectivity index (χ0v) is 11.2. The molecule has 1 N–H and O–H groups in total.